The second kappa shape index (κ2) is 3.89. The van der Waals surface area contributed by atoms with Gasteiger partial charge in [-0.3, -0.25) is 0 Å². The molecule has 0 saturated carbocycles. The van der Waals surface area contributed by atoms with Crippen molar-refractivity contribution in [2.24, 2.45) is 0 Å². The van der Waals surface area contributed by atoms with E-state index in [0.717, 1.165) is 0 Å². The van der Waals surface area contributed by atoms with Crippen LogP contribution >= 0.6 is 0 Å². The number of hydrogen-bond donors (Lipinski definition) is 1. The number of benzene rings is 1. The molecule has 82 valence electrons. The zero-order valence-electron chi connectivity index (χ0n) is 8.72. The molecule has 1 N–H and O–H groups in total. The maximum absolute atomic E-state index is 13.8. The van der Waals surface area contributed by atoms with Crippen molar-refractivity contribution in [1.82, 2.24) is 9.97 Å². The van der Waals surface area contributed by atoms with Gasteiger partial charge in [-0.15, -0.1) is 0 Å². The fourth-order valence-electron chi connectivity index (χ4n) is 1.48. The largest absolute Gasteiger partial charge is 0.345 e. The summed E-state index contributed by atoms with van der Waals surface area (Å²) in [7, 11) is 0. The van der Waals surface area contributed by atoms with Crippen molar-refractivity contribution in [3.05, 3.63) is 59.7 Å². The van der Waals surface area contributed by atoms with Crippen molar-refractivity contribution >= 4 is 5.57 Å². The van der Waals surface area contributed by atoms with Gasteiger partial charge in [-0.25, -0.2) is 13.8 Å². The van der Waals surface area contributed by atoms with E-state index in [1.54, 1.807) is 13.1 Å². The van der Waals surface area contributed by atoms with Crippen molar-refractivity contribution in [2.45, 2.75) is 6.92 Å². The first kappa shape index (κ1) is 10.5. The van der Waals surface area contributed by atoms with Gasteiger partial charge in [0.25, 0.3) is 0 Å². The number of aromatic amines is 1. The summed E-state index contributed by atoms with van der Waals surface area (Å²) in [4.78, 5) is 6.68. The number of hydrogen-bond acceptors (Lipinski definition) is 1. The molecular weight excluding hydrogens is 210 g/mol. The average Bonchev–Trinajstić information content (AvgIpc) is 2.77. The van der Waals surface area contributed by atoms with Crippen LogP contribution in [0.15, 0.2) is 31.1 Å². The Kier molecular flexibility index (Phi) is 2.56. The lowest BCUT2D eigenvalue weighted by Crippen LogP contribution is -1.99. The number of nitrogens with zero attached hydrogens (tertiary/aromatic N) is 1. The summed E-state index contributed by atoms with van der Waals surface area (Å²) in [5.74, 6) is -0.866. The molecule has 1 aromatic heterocycles. The third-order valence-electron chi connectivity index (χ3n) is 2.37. The molecule has 1 aromatic carbocycles. The van der Waals surface area contributed by atoms with Crippen molar-refractivity contribution in [3.8, 4) is 0 Å². The fourth-order valence-corrected chi connectivity index (χ4v) is 1.48. The van der Waals surface area contributed by atoms with Gasteiger partial charge in [0.2, 0.25) is 0 Å². The Morgan fingerprint density at radius 3 is 2.75 bits per heavy atom. The van der Waals surface area contributed by atoms with Gasteiger partial charge >= 0.3 is 0 Å². The van der Waals surface area contributed by atoms with Crippen LogP contribution in [0, 0.1) is 18.6 Å². The zero-order valence-corrected chi connectivity index (χ0v) is 8.72. The highest BCUT2D eigenvalue weighted by molar-refractivity contribution is 5.75. The highest BCUT2D eigenvalue weighted by atomic mass is 19.1. The molecule has 0 aliphatic heterocycles. The van der Waals surface area contributed by atoms with E-state index in [1.807, 2.05) is 0 Å². The van der Waals surface area contributed by atoms with Gasteiger partial charge < -0.3 is 4.98 Å². The quantitative estimate of drug-likeness (QED) is 0.827. The molecule has 2 rings (SSSR count). The summed E-state index contributed by atoms with van der Waals surface area (Å²) in [6.45, 7) is 5.23. The minimum absolute atomic E-state index is 0.130. The molecule has 0 aliphatic rings. The molecule has 4 heteroatoms. The van der Waals surface area contributed by atoms with Crippen LogP contribution in [0.2, 0.25) is 0 Å². The molecule has 0 bridgehead atoms. The third-order valence-corrected chi connectivity index (χ3v) is 2.37. The molecule has 16 heavy (non-hydrogen) atoms. The van der Waals surface area contributed by atoms with E-state index in [0.29, 0.717) is 11.4 Å². The number of nitrogens with one attached hydrogen (secondary N) is 1. The van der Waals surface area contributed by atoms with E-state index in [9.17, 15) is 8.78 Å². The van der Waals surface area contributed by atoms with E-state index in [2.05, 4.69) is 16.5 Å². The topological polar surface area (TPSA) is 28.7 Å². The molecule has 0 aliphatic carbocycles. The number of aryl methyl sites for hydroxylation is 1. The zero-order chi connectivity index (χ0) is 11.7. The van der Waals surface area contributed by atoms with Gasteiger partial charge in [-0.1, -0.05) is 12.6 Å². The number of imidazole rings is 1. The maximum Gasteiger partial charge on any atom is 0.137 e. The average molecular weight is 220 g/mol. The van der Waals surface area contributed by atoms with Crippen molar-refractivity contribution in [3.63, 3.8) is 0 Å². The second-order valence-corrected chi connectivity index (χ2v) is 3.47. The number of halogens is 2. The molecule has 1 heterocycles. The van der Waals surface area contributed by atoms with Crippen LogP contribution in [-0.2, 0) is 0 Å². The van der Waals surface area contributed by atoms with Crippen molar-refractivity contribution < 1.29 is 8.78 Å². The Labute approximate surface area is 91.7 Å². The molecule has 0 spiro atoms. The van der Waals surface area contributed by atoms with Gasteiger partial charge in [0.1, 0.15) is 17.5 Å². The Morgan fingerprint density at radius 1 is 1.38 bits per heavy atom. The van der Waals surface area contributed by atoms with Crippen LogP contribution in [0.4, 0.5) is 8.78 Å². The van der Waals surface area contributed by atoms with Gasteiger partial charge in [0, 0.05) is 18.0 Å². The molecule has 0 atom stereocenters. The van der Waals surface area contributed by atoms with Gasteiger partial charge in [0.15, 0.2) is 0 Å². The second-order valence-electron chi connectivity index (χ2n) is 3.47. The smallest absolute Gasteiger partial charge is 0.137 e. The Balaban J connectivity index is 2.56. The Hall–Kier alpha value is -1.97. The summed E-state index contributed by atoms with van der Waals surface area (Å²) in [5, 5.41) is 0. The molecule has 0 amide bonds. The van der Waals surface area contributed by atoms with Crippen molar-refractivity contribution in [2.75, 3.05) is 0 Å². The summed E-state index contributed by atoms with van der Waals surface area (Å²) in [6.07, 6.45) is 3.08. The monoisotopic (exact) mass is 220 g/mol. The lowest BCUT2D eigenvalue weighted by atomic mass is 10.0. The van der Waals surface area contributed by atoms with Crippen LogP contribution < -0.4 is 0 Å². The number of H-pyrrole nitrogens is 1. The predicted molar refractivity (Wildman–Crippen MR) is 57.8 cm³/mol. The van der Waals surface area contributed by atoms with E-state index >= 15 is 0 Å². The maximum atomic E-state index is 13.8. The van der Waals surface area contributed by atoms with Crippen LogP contribution in [0.1, 0.15) is 17.0 Å². The van der Waals surface area contributed by atoms with E-state index in [1.165, 1.54) is 18.3 Å². The highest BCUT2D eigenvalue weighted by Crippen LogP contribution is 2.26. The standard InChI is InChI=1S/C12H10F2N2/c1-7-3-4-9(13)10(11(7)14)8(2)12-15-5-6-16-12/h3-6H,2H2,1H3,(H,15,16). The first-order valence-corrected chi connectivity index (χ1v) is 4.75. The lowest BCUT2D eigenvalue weighted by molar-refractivity contribution is 0.571. The SMILES string of the molecule is C=C(c1ncc[nH]1)c1c(F)ccc(C)c1F. The molecule has 0 fully saturated rings. The summed E-state index contributed by atoms with van der Waals surface area (Å²) in [6, 6.07) is 2.62. The lowest BCUT2D eigenvalue weighted by Gasteiger charge is -2.08. The molecule has 2 nitrogen and oxygen atoms in total. The molecule has 0 radical (unpaired) electrons. The first-order valence-electron chi connectivity index (χ1n) is 4.75. The summed E-state index contributed by atoms with van der Waals surface area (Å²) < 4.78 is 27.3. The minimum Gasteiger partial charge on any atom is -0.345 e. The molecule has 0 unspecified atom stereocenters. The van der Waals surface area contributed by atoms with Gasteiger partial charge in [-0.05, 0) is 18.6 Å². The predicted octanol–water partition coefficient (Wildman–Crippen LogP) is 3.06. The van der Waals surface area contributed by atoms with Crippen LogP contribution in [0.5, 0.6) is 0 Å². The molecule has 2 aromatic rings. The summed E-state index contributed by atoms with van der Waals surface area (Å²) in [5.41, 5.74) is 0.461. The van der Waals surface area contributed by atoms with Crippen LogP contribution in [0.3, 0.4) is 0 Å². The third kappa shape index (κ3) is 1.62. The molecule has 0 saturated heterocycles. The molecular formula is C12H10F2N2. The van der Waals surface area contributed by atoms with E-state index in [4.69, 9.17) is 0 Å². The van der Waals surface area contributed by atoms with Crippen LogP contribution in [0.25, 0.3) is 5.57 Å². The highest BCUT2D eigenvalue weighted by Gasteiger charge is 2.16. The number of rotatable bonds is 2. The van der Waals surface area contributed by atoms with Crippen LogP contribution in [-0.4, -0.2) is 9.97 Å². The van der Waals surface area contributed by atoms with E-state index < -0.39 is 11.6 Å². The minimum atomic E-state index is -0.635. The van der Waals surface area contributed by atoms with Gasteiger partial charge in [0.05, 0.1) is 5.56 Å². The number of aromatic nitrogens is 2. The Bertz CT molecular complexity index is 530. The van der Waals surface area contributed by atoms with Gasteiger partial charge in [-0.2, -0.15) is 0 Å². The first-order chi connectivity index (χ1) is 7.61. The van der Waals surface area contributed by atoms with Crippen molar-refractivity contribution in [1.29, 1.82) is 0 Å². The normalized spacial score (nSPS) is 10.4. The van der Waals surface area contributed by atoms with E-state index in [-0.39, 0.29) is 11.1 Å². The summed E-state index contributed by atoms with van der Waals surface area (Å²) >= 11 is 0. The Morgan fingerprint density at radius 2 is 2.12 bits per heavy atom. The fraction of sp³-hybridized carbons (Fsp3) is 0.0833.